The van der Waals surface area contributed by atoms with Crippen LogP contribution < -0.4 is 18.9 Å². The van der Waals surface area contributed by atoms with Crippen LogP contribution in [0.4, 0.5) is 0 Å². The van der Waals surface area contributed by atoms with E-state index in [9.17, 15) is 9.59 Å². The van der Waals surface area contributed by atoms with Gasteiger partial charge in [-0.2, -0.15) is 0 Å². The number of ether oxygens (including phenoxy) is 7. The molecule has 4 unspecified atom stereocenters. The number of nitrogens with zero attached hydrogens (tertiary/aromatic N) is 1. The first kappa shape index (κ1) is 36.5. The van der Waals surface area contributed by atoms with Crippen molar-refractivity contribution in [2.24, 2.45) is 41.4 Å². The number of carbonyl (C=O) groups excluding carboxylic acids is 2. The topological polar surface area (TPSA) is 118 Å². The van der Waals surface area contributed by atoms with E-state index < -0.39 is 24.1 Å². The SMILES string of the molecule is C1=CC2C3C=CC(C3)C2C1.COC(=O)[C@H]1[C@H]2C[C@@H]3c4[nH]c5cc(OC)ccc5c4CCN3C[C@H]2C[C@@H](OC(=O)c2cc(OC)c(OC)c(OC)c2)[C@@H]1OC. The van der Waals surface area contributed by atoms with Crippen LogP contribution in [-0.4, -0.2) is 89.8 Å². The smallest absolute Gasteiger partial charge is 0.338 e. The molecule has 4 aliphatic carbocycles. The minimum absolute atomic E-state index is 0.0170. The Morgan fingerprint density at radius 1 is 0.833 bits per heavy atom. The number of hydrogen-bond donors (Lipinski definition) is 1. The molecular formula is C43H52N2O9. The van der Waals surface area contributed by atoms with Gasteiger partial charge in [-0.05, 0) is 97.4 Å². The Kier molecular flexibility index (Phi) is 10.1. The van der Waals surface area contributed by atoms with Crippen LogP contribution in [0.3, 0.4) is 0 Å². The lowest BCUT2D eigenvalue weighted by Crippen LogP contribution is -2.58. The van der Waals surface area contributed by atoms with Gasteiger partial charge < -0.3 is 38.1 Å². The number of methoxy groups -OCH3 is 6. The Bertz CT molecular complexity index is 1930. The second kappa shape index (κ2) is 15.0. The van der Waals surface area contributed by atoms with Gasteiger partial charge in [0.1, 0.15) is 18.0 Å². The van der Waals surface area contributed by atoms with Gasteiger partial charge in [-0.25, -0.2) is 4.79 Å². The van der Waals surface area contributed by atoms with Crippen molar-refractivity contribution in [2.75, 3.05) is 55.7 Å². The number of esters is 2. The Morgan fingerprint density at radius 3 is 2.30 bits per heavy atom. The molecule has 1 aromatic heterocycles. The highest BCUT2D eigenvalue weighted by atomic mass is 16.6. The maximum absolute atomic E-state index is 13.5. The molecule has 2 saturated carbocycles. The highest BCUT2D eigenvalue weighted by Crippen LogP contribution is 2.53. The van der Waals surface area contributed by atoms with Crippen LogP contribution in [-0.2, 0) is 25.4 Å². The monoisotopic (exact) mass is 740 g/mol. The van der Waals surface area contributed by atoms with Crippen LogP contribution in [0.2, 0.25) is 0 Å². The van der Waals surface area contributed by atoms with E-state index in [0.717, 1.165) is 60.9 Å². The van der Waals surface area contributed by atoms with E-state index in [4.69, 9.17) is 33.2 Å². The van der Waals surface area contributed by atoms with Crippen molar-refractivity contribution in [1.82, 2.24) is 9.88 Å². The Labute approximate surface area is 316 Å². The van der Waals surface area contributed by atoms with Crippen molar-refractivity contribution >= 4 is 22.8 Å². The molecule has 11 heteroatoms. The summed E-state index contributed by atoms with van der Waals surface area (Å²) in [5.74, 6) is 4.26. The van der Waals surface area contributed by atoms with Gasteiger partial charge >= 0.3 is 11.9 Å². The zero-order valence-electron chi connectivity index (χ0n) is 32.0. The lowest BCUT2D eigenvalue weighted by molar-refractivity contribution is -0.176. The molecule has 288 valence electrons. The largest absolute Gasteiger partial charge is 0.497 e. The number of hydrogen-bond acceptors (Lipinski definition) is 10. The minimum Gasteiger partial charge on any atom is -0.497 e. The van der Waals surface area contributed by atoms with Crippen molar-refractivity contribution in [3.8, 4) is 23.0 Å². The molecule has 3 aromatic rings. The van der Waals surface area contributed by atoms with Crippen LogP contribution in [0.1, 0.15) is 53.3 Å². The third-order valence-corrected chi connectivity index (χ3v) is 13.2. The Morgan fingerprint density at radius 2 is 1.61 bits per heavy atom. The van der Waals surface area contributed by atoms with Gasteiger partial charge in [0.05, 0.1) is 53.1 Å². The van der Waals surface area contributed by atoms with Crippen LogP contribution in [0.15, 0.2) is 54.6 Å². The van der Waals surface area contributed by atoms with E-state index in [2.05, 4.69) is 40.3 Å². The van der Waals surface area contributed by atoms with E-state index in [1.807, 2.05) is 12.1 Å². The molecule has 1 N–H and O–H groups in total. The number of rotatable bonds is 8. The van der Waals surface area contributed by atoms with Gasteiger partial charge in [-0.15, -0.1) is 0 Å². The average molecular weight is 741 g/mol. The zero-order valence-corrected chi connectivity index (χ0v) is 32.0. The van der Waals surface area contributed by atoms with Crippen molar-refractivity contribution in [3.05, 3.63) is 71.5 Å². The summed E-state index contributed by atoms with van der Waals surface area (Å²) in [4.78, 5) is 33.1. The summed E-state index contributed by atoms with van der Waals surface area (Å²) in [6.45, 7) is 1.68. The van der Waals surface area contributed by atoms with Crippen LogP contribution >= 0.6 is 0 Å². The highest BCUT2D eigenvalue weighted by Gasteiger charge is 2.54. The predicted octanol–water partition coefficient (Wildman–Crippen LogP) is 6.56. The molecule has 0 radical (unpaired) electrons. The second-order valence-electron chi connectivity index (χ2n) is 15.5. The molecule has 10 atom stereocenters. The zero-order chi connectivity index (χ0) is 37.7. The summed E-state index contributed by atoms with van der Waals surface area (Å²) in [5.41, 5.74) is 3.83. The molecule has 2 bridgehead atoms. The standard InChI is InChI=1S/C33H40N2O9.C10H12/c1-38-19-7-8-20-21-9-10-35-16-18-13-27(44-32(36)17-11-25(39-2)30(41-4)26(12-17)40-3)31(42-5)28(33(37)43-6)22(18)15-24(35)29(21)34-23(20)14-19;1-2-9-7-4-5-8(6-7)10(9)3-1/h7-8,11-12,14,18,22,24,27-28,31,34H,9-10,13,15-16H2,1-6H3;1-2,4-5,7-10H,3,6H2/t18-,22+,24-,27-,28+,31+;/m1./s1. The number of carbonyl (C=O) groups is 2. The summed E-state index contributed by atoms with van der Waals surface area (Å²) < 4.78 is 39.1. The number of piperidine rings is 1. The van der Waals surface area contributed by atoms with Crippen molar-refractivity contribution in [1.29, 1.82) is 0 Å². The van der Waals surface area contributed by atoms with Gasteiger partial charge in [-0.1, -0.05) is 24.3 Å². The predicted molar refractivity (Wildman–Crippen MR) is 202 cm³/mol. The van der Waals surface area contributed by atoms with Crippen LogP contribution in [0.5, 0.6) is 23.0 Å². The maximum atomic E-state index is 13.5. The molecule has 3 heterocycles. The van der Waals surface area contributed by atoms with E-state index in [0.29, 0.717) is 23.7 Å². The summed E-state index contributed by atoms with van der Waals surface area (Å²) in [7, 11) is 9.10. The number of aromatic amines is 1. The van der Waals surface area contributed by atoms with Gasteiger partial charge in [0.25, 0.3) is 0 Å². The summed E-state index contributed by atoms with van der Waals surface area (Å²) in [5, 5.41) is 1.21. The normalized spacial score (nSPS) is 31.4. The van der Waals surface area contributed by atoms with E-state index in [-0.39, 0.29) is 29.4 Å². The molecule has 9 rings (SSSR count). The van der Waals surface area contributed by atoms with Crippen molar-refractivity contribution in [2.45, 2.75) is 50.4 Å². The van der Waals surface area contributed by atoms with Crippen LogP contribution in [0, 0.1) is 41.4 Å². The van der Waals surface area contributed by atoms with E-state index >= 15 is 0 Å². The van der Waals surface area contributed by atoms with E-state index in [1.165, 1.54) is 57.9 Å². The molecule has 6 aliphatic rings. The molecule has 3 fully saturated rings. The number of allylic oxidation sites excluding steroid dienone is 4. The number of fused-ring (bicyclic) bond motifs is 11. The fourth-order valence-electron chi connectivity index (χ4n) is 10.7. The molecule has 0 spiro atoms. The summed E-state index contributed by atoms with van der Waals surface area (Å²) >= 11 is 0. The second-order valence-corrected chi connectivity index (χ2v) is 15.5. The number of aromatic nitrogens is 1. The quantitative estimate of drug-likeness (QED) is 0.201. The fraction of sp³-hybridized carbons (Fsp3) is 0.535. The Balaban J connectivity index is 0.000000351. The molecule has 0 amide bonds. The molecule has 2 aromatic carbocycles. The van der Waals surface area contributed by atoms with Crippen LogP contribution in [0.25, 0.3) is 10.9 Å². The molecule has 2 aliphatic heterocycles. The summed E-state index contributed by atoms with van der Waals surface area (Å²) in [6.07, 6.45) is 13.4. The Hall–Kier alpha value is -4.48. The third-order valence-electron chi connectivity index (χ3n) is 13.2. The lowest BCUT2D eigenvalue weighted by Gasteiger charge is -2.52. The fourth-order valence-corrected chi connectivity index (χ4v) is 10.7. The van der Waals surface area contributed by atoms with Gasteiger partial charge in [0.2, 0.25) is 5.75 Å². The molecule has 54 heavy (non-hydrogen) atoms. The molecule has 11 nitrogen and oxygen atoms in total. The number of nitrogens with one attached hydrogen (secondary N) is 1. The first-order chi connectivity index (χ1) is 26.3. The first-order valence-corrected chi connectivity index (χ1v) is 19.2. The molecule has 1 saturated heterocycles. The highest BCUT2D eigenvalue weighted by molar-refractivity contribution is 5.91. The van der Waals surface area contributed by atoms with Crippen molar-refractivity contribution in [3.63, 3.8) is 0 Å². The van der Waals surface area contributed by atoms with E-state index in [1.54, 1.807) is 26.4 Å². The third kappa shape index (κ3) is 6.23. The number of H-pyrrole nitrogens is 1. The van der Waals surface area contributed by atoms with Gasteiger partial charge in [0, 0.05) is 42.9 Å². The number of benzene rings is 2. The summed E-state index contributed by atoms with van der Waals surface area (Å²) in [6, 6.07) is 9.40. The van der Waals surface area contributed by atoms with Crippen molar-refractivity contribution < 1.29 is 42.7 Å². The van der Waals surface area contributed by atoms with Gasteiger partial charge in [-0.3, -0.25) is 9.69 Å². The van der Waals surface area contributed by atoms with Gasteiger partial charge in [0.15, 0.2) is 11.5 Å². The minimum atomic E-state index is -0.670. The first-order valence-electron chi connectivity index (χ1n) is 19.2. The average Bonchev–Trinajstić information content (AvgIpc) is 4.02. The molecular weight excluding hydrogens is 688 g/mol. The maximum Gasteiger partial charge on any atom is 0.338 e. The lowest BCUT2D eigenvalue weighted by atomic mass is 9.63.